The van der Waals surface area contributed by atoms with E-state index in [-0.39, 0.29) is 0 Å². The van der Waals surface area contributed by atoms with Crippen molar-refractivity contribution in [2.45, 2.75) is 24.8 Å². The summed E-state index contributed by atoms with van der Waals surface area (Å²) in [7, 11) is 0. The first-order valence-electron chi connectivity index (χ1n) is 7.65. The molecular formula is C18H16F2N2O. The highest BCUT2D eigenvalue weighted by Gasteiger charge is 2.42. The molecule has 5 heteroatoms. The first-order valence-corrected chi connectivity index (χ1v) is 7.65. The van der Waals surface area contributed by atoms with Crippen LogP contribution in [0.25, 0.3) is 11.1 Å². The second-order valence-electron chi connectivity index (χ2n) is 6.19. The minimum absolute atomic E-state index is 0.405. The average molecular weight is 314 g/mol. The molecule has 2 aliphatic rings. The fourth-order valence-electron chi connectivity index (χ4n) is 3.35. The highest BCUT2D eigenvalue weighted by molar-refractivity contribution is 5.95. The van der Waals surface area contributed by atoms with Gasteiger partial charge in [-0.25, -0.2) is 8.78 Å². The summed E-state index contributed by atoms with van der Waals surface area (Å²) in [6.07, 6.45) is 0.379. The molecule has 1 aliphatic heterocycles. The number of rotatable bonds is 2. The molecule has 1 atom stereocenters. The van der Waals surface area contributed by atoms with Gasteiger partial charge >= 0.3 is 0 Å². The highest BCUT2D eigenvalue weighted by Crippen LogP contribution is 2.37. The zero-order valence-electron chi connectivity index (χ0n) is 12.4. The van der Waals surface area contributed by atoms with E-state index in [1.165, 1.54) is 16.7 Å². The largest absolute Gasteiger partial charge is 0.325 e. The topological polar surface area (TPSA) is 41.1 Å². The van der Waals surface area contributed by atoms with Crippen LogP contribution in [0.5, 0.6) is 0 Å². The molecule has 1 unspecified atom stereocenters. The first kappa shape index (κ1) is 14.3. The third-order valence-corrected chi connectivity index (χ3v) is 4.49. The number of fused-ring (bicyclic) bond motifs is 3. The minimum atomic E-state index is -2.80. The number of anilines is 1. The fourth-order valence-corrected chi connectivity index (χ4v) is 3.35. The van der Waals surface area contributed by atoms with Gasteiger partial charge in [0, 0.05) is 12.1 Å². The predicted molar refractivity (Wildman–Crippen MR) is 84.7 cm³/mol. The Labute approximate surface area is 132 Å². The minimum Gasteiger partial charge on any atom is -0.325 e. The number of hydrogen-bond donors (Lipinski definition) is 2. The van der Waals surface area contributed by atoms with Gasteiger partial charge in [-0.15, -0.1) is 0 Å². The summed E-state index contributed by atoms with van der Waals surface area (Å²) in [6, 6.07) is 13.1. The van der Waals surface area contributed by atoms with E-state index in [1.807, 2.05) is 30.3 Å². The smallest absolute Gasteiger partial charge is 0.262 e. The molecule has 3 nitrogen and oxygen atoms in total. The van der Waals surface area contributed by atoms with Crippen LogP contribution in [0.1, 0.15) is 17.5 Å². The van der Waals surface area contributed by atoms with Crippen molar-refractivity contribution in [2.75, 3.05) is 11.9 Å². The lowest BCUT2D eigenvalue weighted by Gasteiger charge is -2.12. The Hall–Kier alpha value is -2.27. The molecule has 1 aliphatic carbocycles. The molecule has 0 aromatic heterocycles. The monoisotopic (exact) mass is 314 g/mol. The van der Waals surface area contributed by atoms with Crippen LogP contribution >= 0.6 is 0 Å². The predicted octanol–water partition coefficient (Wildman–Crippen LogP) is 3.19. The van der Waals surface area contributed by atoms with E-state index in [0.29, 0.717) is 5.69 Å². The quantitative estimate of drug-likeness (QED) is 0.763. The molecule has 0 bridgehead atoms. The number of halogens is 2. The Morgan fingerprint density at radius 1 is 1.13 bits per heavy atom. The molecule has 0 spiro atoms. The third-order valence-electron chi connectivity index (χ3n) is 4.49. The Morgan fingerprint density at radius 3 is 2.70 bits per heavy atom. The molecule has 1 amide bonds. The molecule has 0 saturated carbocycles. The van der Waals surface area contributed by atoms with Crippen LogP contribution in [0.4, 0.5) is 14.5 Å². The summed E-state index contributed by atoms with van der Waals surface area (Å²) in [6.45, 7) is -0.440. The number of nitrogens with one attached hydrogen (secondary N) is 2. The van der Waals surface area contributed by atoms with Gasteiger partial charge in [-0.05, 0) is 40.8 Å². The molecule has 23 heavy (non-hydrogen) atoms. The molecule has 2 N–H and O–H groups in total. The van der Waals surface area contributed by atoms with Crippen LogP contribution in [-0.2, 0) is 11.2 Å². The van der Waals surface area contributed by atoms with E-state index in [2.05, 4.69) is 22.8 Å². The zero-order chi connectivity index (χ0) is 16.0. The van der Waals surface area contributed by atoms with Crippen molar-refractivity contribution in [2.24, 2.45) is 0 Å². The molecule has 4 rings (SSSR count). The second kappa shape index (κ2) is 5.13. The summed E-state index contributed by atoms with van der Waals surface area (Å²) in [5, 5.41) is 5.31. The van der Waals surface area contributed by atoms with Crippen molar-refractivity contribution in [1.82, 2.24) is 5.32 Å². The molecule has 118 valence electrons. The molecule has 1 heterocycles. The van der Waals surface area contributed by atoms with Gasteiger partial charge in [-0.1, -0.05) is 30.3 Å². The van der Waals surface area contributed by atoms with Crippen molar-refractivity contribution in [1.29, 1.82) is 0 Å². The van der Waals surface area contributed by atoms with Gasteiger partial charge in [0.15, 0.2) is 0 Å². The van der Waals surface area contributed by atoms with Gasteiger partial charge in [0.05, 0.1) is 12.6 Å². The molecule has 1 saturated heterocycles. The maximum atomic E-state index is 13.2. The van der Waals surface area contributed by atoms with Crippen LogP contribution in [0.2, 0.25) is 0 Å². The van der Waals surface area contributed by atoms with Crippen molar-refractivity contribution >= 4 is 11.6 Å². The highest BCUT2D eigenvalue weighted by atomic mass is 19.3. The lowest BCUT2D eigenvalue weighted by molar-refractivity contribution is -0.118. The fraction of sp³-hybridized carbons (Fsp3) is 0.278. The number of carbonyl (C=O) groups is 1. The van der Waals surface area contributed by atoms with Crippen LogP contribution < -0.4 is 10.6 Å². The normalized spacial score (nSPS) is 20.9. The van der Waals surface area contributed by atoms with Crippen LogP contribution in [0.3, 0.4) is 0 Å². The Balaban J connectivity index is 1.52. The molecule has 2 aromatic carbocycles. The summed E-state index contributed by atoms with van der Waals surface area (Å²) in [4.78, 5) is 12.1. The first-order chi connectivity index (χ1) is 11.0. The van der Waals surface area contributed by atoms with Crippen LogP contribution in [0, 0.1) is 0 Å². The average Bonchev–Trinajstić information content (AvgIpc) is 3.06. The standard InChI is InChI=1S/C18H16F2N2O/c19-18(20)9-16(21-10-18)17(23)22-13-5-6-15-12(8-13)7-11-3-1-2-4-14(11)15/h1-6,8,16,21H,7,9-10H2,(H,22,23). The third kappa shape index (κ3) is 2.61. The van der Waals surface area contributed by atoms with Crippen molar-refractivity contribution < 1.29 is 13.6 Å². The van der Waals surface area contributed by atoms with E-state index in [1.54, 1.807) is 0 Å². The van der Waals surface area contributed by atoms with Crippen molar-refractivity contribution in [3.05, 3.63) is 53.6 Å². The summed E-state index contributed by atoms with van der Waals surface area (Å²) < 4.78 is 26.4. The van der Waals surface area contributed by atoms with E-state index in [4.69, 9.17) is 0 Å². The lowest BCUT2D eigenvalue weighted by Crippen LogP contribution is -2.35. The molecular weight excluding hydrogens is 298 g/mol. The van der Waals surface area contributed by atoms with Crippen molar-refractivity contribution in [3.8, 4) is 11.1 Å². The van der Waals surface area contributed by atoms with E-state index < -0.39 is 30.8 Å². The van der Waals surface area contributed by atoms with Crippen LogP contribution in [-0.4, -0.2) is 24.4 Å². The summed E-state index contributed by atoms with van der Waals surface area (Å²) >= 11 is 0. The van der Waals surface area contributed by atoms with Gasteiger partial charge in [0.1, 0.15) is 0 Å². The van der Waals surface area contributed by atoms with E-state index in [9.17, 15) is 13.6 Å². The van der Waals surface area contributed by atoms with Gasteiger partial charge in [0.25, 0.3) is 5.92 Å². The number of carbonyl (C=O) groups excluding carboxylic acids is 1. The molecule has 0 radical (unpaired) electrons. The van der Waals surface area contributed by atoms with Gasteiger partial charge in [-0.2, -0.15) is 0 Å². The zero-order valence-corrected chi connectivity index (χ0v) is 12.4. The number of amides is 1. The summed E-state index contributed by atoms with van der Waals surface area (Å²) in [5.74, 6) is -3.21. The Morgan fingerprint density at radius 2 is 1.91 bits per heavy atom. The van der Waals surface area contributed by atoms with Crippen molar-refractivity contribution in [3.63, 3.8) is 0 Å². The summed E-state index contributed by atoms with van der Waals surface area (Å²) in [5.41, 5.74) is 5.46. The molecule has 1 fully saturated rings. The number of hydrogen-bond acceptors (Lipinski definition) is 2. The van der Waals surface area contributed by atoms with E-state index in [0.717, 1.165) is 12.0 Å². The number of benzene rings is 2. The number of alkyl halides is 2. The Bertz CT molecular complexity index is 788. The van der Waals surface area contributed by atoms with Crippen LogP contribution in [0.15, 0.2) is 42.5 Å². The Kier molecular flexibility index (Phi) is 3.20. The SMILES string of the molecule is O=C(Nc1ccc2c(c1)Cc1ccccc1-2)C1CC(F)(F)CN1. The van der Waals surface area contributed by atoms with E-state index >= 15 is 0 Å². The van der Waals surface area contributed by atoms with Gasteiger partial charge < -0.3 is 5.32 Å². The lowest BCUT2D eigenvalue weighted by atomic mass is 10.1. The second-order valence-corrected chi connectivity index (χ2v) is 6.19. The molecule has 2 aromatic rings. The maximum Gasteiger partial charge on any atom is 0.262 e. The van der Waals surface area contributed by atoms with Gasteiger partial charge in [-0.3, -0.25) is 10.1 Å². The maximum absolute atomic E-state index is 13.2. The van der Waals surface area contributed by atoms with Gasteiger partial charge in [0.2, 0.25) is 5.91 Å².